The molecule has 4 aliphatic carbocycles. The largest absolute Gasteiger partial charge is 0.453 e. The second-order valence-corrected chi connectivity index (χ2v) is 11.0. The number of hydrogen-bond acceptors (Lipinski definition) is 4. The SMILES string of the molecule is CB1OCC(C2CCC3C4CCC5CC(O)CCC5(C)C4C(O)CC23C)O1. The summed E-state index contributed by atoms with van der Waals surface area (Å²) in [6.45, 7) is 7.60. The summed E-state index contributed by atoms with van der Waals surface area (Å²) in [6.07, 6.45) is 8.71. The second-order valence-electron chi connectivity index (χ2n) is 11.0. The van der Waals surface area contributed by atoms with E-state index in [1.54, 1.807) is 0 Å². The van der Waals surface area contributed by atoms with E-state index < -0.39 is 0 Å². The van der Waals surface area contributed by atoms with E-state index in [9.17, 15) is 10.2 Å². The maximum absolute atomic E-state index is 11.5. The Morgan fingerprint density at radius 1 is 0.963 bits per heavy atom. The molecule has 5 rings (SSSR count). The van der Waals surface area contributed by atoms with E-state index in [0.717, 1.165) is 32.3 Å². The quantitative estimate of drug-likeness (QED) is 0.688. The molecule has 1 saturated heterocycles. The van der Waals surface area contributed by atoms with Crippen LogP contribution in [0.1, 0.15) is 65.2 Å². The van der Waals surface area contributed by atoms with Crippen LogP contribution >= 0.6 is 0 Å². The van der Waals surface area contributed by atoms with Gasteiger partial charge in [0, 0.05) is 0 Å². The highest BCUT2D eigenvalue weighted by molar-refractivity contribution is 6.43. The van der Waals surface area contributed by atoms with Crippen molar-refractivity contribution in [2.75, 3.05) is 6.61 Å². The first-order chi connectivity index (χ1) is 12.8. The average Bonchev–Trinajstić information content (AvgIpc) is 3.17. The van der Waals surface area contributed by atoms with Gasteiger partial charge in [-0.1, -0.05) is 13.8 Å². The Kier molecular flexibility index (Phi) is 4.52. The van der Waals surface area contributed by atoms with E-state index in [2.05, 4.69) is 13.8 Å². The number of aliphatic hydroxyl groups excluding tert-OH is 2. The number of fused-ring (bicyclic) bond motifs is 5. The normalized spacial score (nSPS) is 57.9. The zero-order chi connectivity index (χ0) is 19.0. The van der Waals surface area contributed by atoms with Crippen LogP contribution in [-0.2, 0) is 9.31 Å². The molecular formula is C22H37BO4. The van der Waals surface area contributed by atoms with Gasteiger partial charge in [0.15, 0.2) is 0 Å². The van der Waals surface area contributed by atoms with Gasteiger partial charge in [0.05, 0.1) is 24.9 Å². The highest BCUT2D eigenvalue weighted by Crippen LogP contribution is 2.68. The summed E-state index contributed by atoms with van der Waals surface area (Å²) in [4.78, 5) is 0. The van der Waals surface area contributed by atoms with Crippen molar-refractivity contribution >= 4 is 7.12 Å². The summed E-state index contributed by atoms with van der Waals surface area (Å²) in [5.41, 5.74) is 0.387. The van der Waals surface area contributed by atoms with Crippen LogP contribution < -0.4 is 0 Å². The van der Waals surface area contributed by atoms with Crippen molar-refractivity contribution in [1.29, 1.82) is 0 Å². The number of rotatable bonds is 1. The van der Waals surface area contributed by atoms with Crippen molar-refractivity contribution in [2.45, 2.75) is 90.3 Å². The predicted octanol–water partition coefficient (Wildman–Crippen LogP) is 3.51. The molecule has 4 nitrogen and oxygen atoms in total. The van der Waals surface area contributed by atoms with E-state index in [1.807, 2.05) is 6.82 Å². The van der Waals surface area contributed by atoms with E-state index in [0.29, 0.717) is 29.6 Å². The Labute approximate surface area is 164 Å². The molecule has 5 fully saturated rings. The van der Waals surface area contributed by atoms with E-state index >= 15 is 0 Å². The summed E-state index contributed by atoms with van der Waals surface area (Å²) in [5.74, 6) is 2.87. The lowest BCUT2D eigenvalue weighted by atomic mass is 9.44. The number of hydrogen-bond donors (Lipinski definition) is 2. The van der Waals surface area contributed by atoms with Crippen molar-refractivity contribution in [3.63, 3.8) is 0 Å². The first kappa shape index (κ1) is 18.9. The van der Waals surface area contributed by atoms with Crippen LogP contribution in [0.15, 0.2) is 0 Å². The molecule has 27 heavy (non-hydrogen) atoms. The van der Waals surface area contributed by atoms with Crippen molar-refractivity contribution in [2.24, 2.45) is 40.4 Å². The topological polar surface area (TPSA) is 58.9 Å². The van der Waals surface area contributed by atoms with Crippen molar-refractivity contribution in [1.82, 2.24) is 0 Å². The molecule has 2 N–H and O–H groups in total. The summed E-state index contributed by atoms with van der Waals surface area (Å²) < 4.78 is 11.8. The summed E-state index contributed by atoms with van der Waals surface area (Å²) in [5, 5.41) is 21.7. The lowest BCUT2D eigenvalue weighted by Gasteiger charge is -2.62. The van der Waals surface area contributed by atoms with Gasteiger partial charge < -0.3 is 19.5 Å². The third kappa shape index (κ3) is 2.71. The lowest BCUT2D eigenvalue weighted by Crippen LogP contribution is -2.59. The third-order valence-electron chi connectivity index (χ3n) is 9.95. The zero-order valence-corrected chi connectivity index (χ0v) is 17.3. The molecule has 4 saturated carbocycles. The van der Waals surface area contributed by atoms with Crippen molar-refractivity contribution < 1.29 is 19.5 Å². The van der Waals surface area contributed by atoms with Gasteiger partial charge in [0.2, 0.25) is 0 Å². The van der Waals surface area contributed by atoms with Gasteiger partial charge in [-0.05, 0) is 98.6 Å². The Bertz CT molecular complexity index is 587. The first-order valence-electron chi connectivity index (χ1n) is 11.5. The molecule has 1 aliphatic heterocycles. The van der Waals surface area contributed by atoms with Crippen molar-refractivity contribution in [3.8, 4) is 0 Å². The van der Waals surface area contributed by atoms with Gasteiger partial charge >= 0.3 is 7.12 Å². The fourth-order valence-electron chi connectivity index (χ4n) is 8.78. The Balaban J connectivity index is 1.42. The van der Waals surface area contributed by atoms with Gasteiger partial charge in [0.25, 0.3) is 0 Å². The van der Waals surface area contributed by atoms with Crippen LogP contribution in [-0.4, -0.2) is 42.3 Å². The van der Waals surface area contributed by atoms with Crippen LogP contribution in [0.4, 0.5) is 0 Å². The fraction of sp³-hybridized carbons (Fsp3) is 1.00. The molecule has 0 spiro atoms. The Morgan fingerprint density at radius 2 is 1.74 bits per heavy atom. The minimum absolute atomic E-state index is 0.0815. The van der Waals surface area contributed by atoms with Gasteiger partial charge in [-0.2, -0.15) is 0 Å². The molecule has 0 bridgehead atoms. The molecule has 1 heterocycles. The smallest absolute Gasteiger partial charge is 0.409 e. The summed E-state index contributed by atoms with van der Waals surface area (Å²) in [6, 6.07) is 0. The van der Waals surface area contributed by atoms with Gasteiger partial charge in [-0.15, -0.1) is 0 Å². The molecule has 152 valence electrons. The molecule has 10 unspecified atom stereocenters. The zero-order valence-electron chi connectivity index (χ0n) is 17.3. The second kappa shape index (κ2) is 6.45. The molecular weight excluding hydrogens is 339 g/mol. The molecule has 5 heteroatoms. The summed E-state index contributed by atoms with van der Waals surface area (Å²) in [7, 11) is -0.0815. The van der Waals surface area contributed by atoms with Crippen LogP contribution in [0.3, 0.4) is 0 Å². The van der Waals surface area contributed by atoms with Gasteiger partial charge in [-0.25, -0.2) is 0 Å². The van der Waals surface area contributed by atoms with E-state index in [-0.39, 0.29) is 36.3 Å². The maximum atomic E-state index is 11.5. The molecule has 10 atom stereocenters. The predicted molar refractivity (Wildman–Crippen MR) is 105 cm³/mol. The van der Waals surface area contributed by atoms with E-state index in [4.69, 9.17) is 9.31 Å². The molecule has 0 amide bonds. The maximum Gasteiger partial charge on any atom is 0.453 e. The standard InChI is InChI=1S/C22H37BO4/c1-21-9-8-14(24)10-13(21)4-5-15-16-6-7-17(19-12-26-23(3)27-19)22(16,2)11-18(25)20(15)21/h13-20,24-25H,4-12H2,1-3H3. The van der Waals surface area contributed by atoms with Crippen LogP contribution in [0, 0.1) is 40.4 Å². The minimum Gasteiger partial charge on any atom is -0.409 e. The molecule has 5 aliphatic rings. The lowest BCUT2D eigenvalue weighted by molar-refractivity contribution is -0.181. The van der Waals surface area contributed by atoms with E-state index in [1.165, 1.54) is 25.7 Å². The highest BCUT2D eigenvalue weighted by atomic mass is 16.6. The molecule has 0 radical (unpaired) electrons. The first-order valence-corrected chi connectivity index (χ1v) is 11.5. The van der Waals surface area contributed by atoms with Crippen LogP contribution in [0.25, 0.3) is 0 Å². The summed E-state index contributed by atoms with van der Waals surface area (Å²) >= 11 is 0. The van der Waals surface area contributed by atoms with Gasteiger partial charge in [-0.3, -0.25) is 0 Å². The Hall–Kier alpha value is -0.0951. The number of aliphatic hydroxyl groups is 2. The fourth-order valence-corrected chi connectivity index (χ4v) is 8.78. The van der Waals surface area contributed by atoms with Crippen LogP contribution in [0.2, 0.25) is 6.82 Å². The molecule has 0 aromatic heterocycles. The van der Waals surface area contributed by atoms with Gasteiger partial charge in [0.1, 0.15) is 0 Å². The van der Waals surface area contributed by atoms with Crippen LogP contribution in [0.5, 0.6) is 0 Å². The molecule has 0 aromatic rings. The Morgan fingerprint density at radius 3 is 2.48 bits per heavy atom. The molecule has 0 aromatic carbocycles. The average molecular weight is 376 g/mol. The highest BCUT2D eigenvalue weighted by Gasteiger charge is 2.64. The monoisotopic (exact) mass is 376 g/mol. The van der Waals surface area contributed by atoms with Crippen molar-refractivity contribution in [3.05, 3.63) is 0 Å². The minimum atomic E-state index is -0.209. The third-order valence-corrected chi connectivity index (χ3v) is 9.95.